The first-order chi connectivity index (χ1) is 19.6. The van der Waals surface area contributed by atoms with Gasteiger partial charge < -0.3 is 4.74 Å². The monoisotopic (exact) mass is 626 g/mol. The Labute approximate surface area is 271 Å². The third-order valence-corrected chi connectivity index (χ3v) is 6.70. The van der Waals surface area contributed by atoms with Crippen molar-refractivity contribution in [2.45, 2.75) is 19.3 Å². The molecule has 1 aliphatic heterocycles. The van der Waals surface area contributed by atoms with Gasteiger partial charge in [0, 0.05) is 27.7 Å². The van der Waals surface area contributed by atoms with Crippen molar-refractivity contribution < 1.29 is 38.9 Å². The SMILES string of the molecule is CC1(C)c2cccc(C#C[c-]3cccc3)c2Oc2c(C#C[c-]3cccc3)cccc21.[Fe+2].[Fe+2].c1cc[cH-]c1.c1cc[cH-]c1. The number of benzene rings is 2. The van der Waals surface area contributed by atoms with Crippen LogP contribution in [0.4, 0.5) is 0 Å². The first kappa shape index (κ1) is 32.3. The molecule has 0 unspecified atom stereocenters. The summed E-state index contributed by atoms with van der Waals surface area (Å²) in [5.41, 5.74) is 5.88. The van der Waals surface area contributed by atoms with Gasteiger partial charge in [0.15, 0.2) is 0 Å². The third kappa shape index (κ3) is 7.96. The van der Waals surface area contributed by atoms with Crippen LogP contribution in [-0.2, 0) is 39.6 Å². The fourth-order valence-electron chi connectivity index (χ4n) is 4.56. The maximum absolute atomic E-state index is 6.51. The van der Waals surface area contributed by atoms with Gasteiger partial charge >= 0.3 is 34.1 Å². The third-order valence-electron chi connectivity index (χ3n) is 6.70. The number of hydrogen-bond donors (Lipinski definition) is 0. The van der Waals surface area contributed by atoms with Gasteiger partial charge in [-0.25, -0.2) is 24.3 Å². The molecular formula is C39H30Fe2O. The van der Waals surface area contributed by atoms with E-state index in [1.807, 2.05) is 121 Å². The molecule has 1 nitrogen and oxygen atoms in total. The van der Waals surface area contributed by atoms with Crippen LogP contribution >= 0.6 is 0 Å². The summed E-state index contributed by atoms with van der Waals surface area (Å²) in [7, 11) is 0. The number of rotatable bonds is 0. The molecule has 0 radical (unpaired) electrons. The Kier molecular flexibility index (Phi) is 12.1. The van der Waals surface area contributed by atoms with E-state index < -0.39 is 0 Å². The predicted octanol–water partition coefficient (Wildman–Crippen LogP) is 9.16. The first-order valence-corrected chi connectivity index (χ1v) is 13.4. The Morgan fingerprint density at radius 1 is 0.548 bits per heavy atom. The second-order valence-electron chi connectivity index (χ2n) is 9.86. The molecule has 0 bridgehead atoms. The van der Waals surface area contributed by atoms with E-state index >= 15 is 0 Å². The first-order valence-electron chi connectivity index (χ1n) is 13.4. The van der Waals surface area contributed by atoms with Gasteiger partial charge in [-0.15, -0.1) is 24.3 Å². The normalized spacial score (nSPS) is 11.2. The molecule has 1 aliphatic rings. The van der Waals surface area contributed by atoms with E-state index in [0.29, 0.717) is 0 Å². The summed E-state index contributed by atoms with van der Waals surface area (Å²) >= 11 is 0. The largest absolute Gasteiger partial charge is 2.00 e. The molecule has 0 spiro atoms. The van der Waals surface area contributed by atoms with Crippen molar-refractivity contribution >= 4 is 0 Å². The van der Waals surface area contributed by atoms with E-state index in [1.54, 1.807) is 0 Å². The van der Waals surface area contributed by atoms with Gasteiger partial charge in [-0.1, -0.05) is 61.4 Å². The smallest absolute Gasteiger partial charge is 0.456 e. The minimum absolute atomic E-state index is 0. The summed E-state index contributed by atoms with van der Waals surface area (Å²) in [6.07, 6.45) is 0. The molecule has 1 heterocycles. The van der Waals surface area contributed by atoms with Gasteiger partial charge in [-0.05, 0) is 0 Å². The molecule has 7 rings (SSSR count). The number of para-hydroxylation sites is 2. The molecule has 0 amide bonds. The van der Waals surface area contributed by atoms with Gasteiger partial charge in [0.1, 0.15) is 11.5 Å². The van der Waals surface area contributed by atoms with Crippen molar-refractivity contribution in [1.29, 1.82) is 0 Å². The Hall–Kier alpha value is -4.20. The van der Waals surface area contributed by atoms with Crippen molar-refractivity contribution in [2.75, 3.05) is 0 Å². The molecular weight excluding hydrogens is 596 g/mol. The van der Waals surface area contributed by atoms with E-state index in [0.717, 1.165) is 44.9 Å². The van der Waals surface area contributed by atoms with Crippen LogP contribution in [0.3, 0.4) is 0 Å². The quantitative estimate of drug-likeness (QED) is 0.0929. The Balaban J connectivity index is 0.000000341. The zero-order valence-corrected chi connectivity index (χ0v) is 25.7. The van der Waals surface area contributed by atoms with E-state index in [4.69, 9.17) is 4.74 Å². The number of fused-ring (bicyclic) bond motifs is 2. The molecule has 6 aromatic carbocycles. The van der Waals surface area contributed by atoms with Crippen molar-refractivity contribution in [3.05, 3.63) is 179 Å². The minimum atomic E-state index is -0.209. The maximum atomic E-state index is 6.51. The Morgan fingerprint density at radius 3 is 1.26 bits per heavy atom. The average Bonchev–Trinajstić information content (AvgIpc) is 3.81. The van der Waals surface area contributed by atoms with Crippen LogP contribution in [0.15, 0.2) is 146 Å². The van der Waals surface area contributed by atoms with Crippen LogP contribution < -0.4 is 4.74 Å². The molecule has 6 aromatic rings. The molecule has 0 N–H and O–H groups in total. The molecule has 0 aromatic heterocycles. The van der Waals surface area contributed by atoms with Crippen LogP contribution in [0.1, 0.15) is 47.2 Å². The summed E-state index contributed by atoms with van der Waals surface area (Å²) in [6, 6.07) is 48.5. The molecule has 0 saturated heterocycles. The summed E-state index contributed by atoms with van der Waals surface area (Å²) in [6.45, 7) is 4.46. The number of hydrogen-bond acceptors (Lipinski definition) is 1. The molecule has 0 saturated carbocycles. The van der Waals surface area contributed by atoms with Crippen LogP contribution in [0.25, 0.3) is 0 Å². The van der Waals surface area contributed by atoms with Gasteiger partial charge in [-0.3, -0.25) is 0 Å². The zero-order valence-electron chi connectivity index (χ0n) is 23.5. The molecule has 0 fully saturated rings. The van der Waals surface area contributed by atoms with Gasteiger partial charge in [0.05, 0.1) is 0 Å². The summed E-state index contributed by atoms with van der Waals surface area (Å²) < 4.78 is 6.51. The van der Waals surface area contributed by atoms with Crippen molar-refractivity contribution in [2.24, 2.45) is 0 Å². The van der Waals surface area contributed by atoms with Gasteiger partial charge in [0.25, 0.3) is 0 Å². The second kappa shape index (κ2) is 15.7. The summed E-state index contributed by atoms with van der Waals surface area (Å²) in [5.74, 6) is 14.8. The van der Waals surface area contributed by atoms with Crippen molar-refractivity contribution in [1.82, 2.24) is 0 Å². The Morgan fingerprint density at radius 2 is 0.929 bits per heavy atom. The number of ether oxygens (including phenoxy) is 1. The molecule has 208 valence electrons. The standard InChI is InChI=1S/C29H20O.2C5H5.2Fe/c1-29(2)25-15-7-13-23(19-17-21-9-3-4-10-21)27(25)30-28-24(14-8-16-26(28)29)20-18-22-11-5-6-12-22;2*1-2-4-5-3-1;;/h3-16H,1-2H3;2*1-5H;;/q-2;2*-1;2*+2. The minimum Gasteiger partial charge on any atom is -0.456 e. The van der Waals surface area contributed by atoms with Crippen molar-refractivity contribution in [3.8, 4) is 35.2 Å². The maximum Gasteiger partial charge on any atom is 2.00 e. The zero-order chi connectivity index (χ0) is 27.6. The molecule has 0 aliphatic carbocycles. The Bertz CT molecular complexity index is 1560. The summed E-state index contributed by atoms with van der Waals surface area (Å²) in [4.78, 5) is 0. The fourth-order valence-corrected chi connectivity index (χ4v) is 4.56. The topological polar surface area (TPSA) is 9.23 Å². The average molecular weight is 626 g/mol. The predicted molar refractivity (Wildman–Crippen MR) is 165 cm³/mol. The van der Waals surface area contributed by atoms with Crippen LogP contribution in [-0.4, -0.2) is 0 Å². The van der Waals surface area contributed by atoms with Gasteiger partial charge in [-0.2, -0.15) is 84.3 Å². The van der Waals surface area contributed by atoms with Gasteiger partial charge in [0.2, 0.25) is 0 Å². The molecule has 0 atom stereocenters. The van der Waals surface area contributed by atoms with E-state index in [9.17, 15) is 0 Å². The van der Waals surface area contributed by atoms with E-state index in [1.165, 1.54) is 0 Å². The van der Waals surface area contributed by atoms with Crippen LogP contribution in [0, 0.1) is 23.7 Å². The van der Waals surface area contributed by atoms with E-state index in [-0.39, 0.29) is 39.6 Å². The van der Waals surface area contributed by atoms with E-state index in [2.05, 4.69) is 61.8 Å². The molecule has 42 heavy (non-hydrogen) atoms. The fraction of sp³-hybridized carbons (Fsp3) is 0.0769. The summed E-state index contributed by atoms with van der Waals surface area (Å²) in [5, 5.41) is 0. The molecule has 3 heteroatoms. The second-order valence-corrected chi connectivity index (χ2v) is 9.86. The van der Waals surface area contributed by atoms with Crippen molar-refractivity contribution in [3.63, 3.8) is 0 Å². The van der Waals surface area contributed by atoms with Crippen LogP contribution in [0.5, 0.6) is 11.5 Å². The van der Waals surface area contributed by atoms with Crippen LogP contribution in [0.2, 0.25) is 0 Å².